The summed E-state index contributed by atoms with van der Waals surface area (Å²) < 4.78 is 36.2. The molecular weight excluding hydrogens is 330 g/mol. The van der Waals surface area contributed by atoms with Crippen molar-refractivity contribution in [2.75, 3.05) is 7.11 Å². The summed E-state index contributed by atoms with van der Waals surface area (Å²) in [6, 6.07) is 9.81. The van der Waals surface area contributed by atoms with Crippen molar-refractivity contribution in [1.82, 2.24) is 0 Å². The number of carbonyl (C=O) groups is 2. The third kappa shape index (κ3) is 4.73. The topological polar surface area (TPSA) is 52.6 Å². The zero-order chi connectivity index (χ0) is 18.4. The van der Waals surface area contributed by atoms with Crippen LogP contribution in [0.5, 0.6) is 5.75 Å². The van der Waals surface area contributed by atoms with Crippen LogP contribution >= 0.6 is 0 Å². The van der Waals surface area contributed by atoms with Crippen molar-refractivity contribution in [2.24, 2.45) is 0 Å². The van der Waals surface area contributed by atoms with E-state index in [4.69, 9.17) is 9.47 Å². The minimum absolute atomic E-state index is 0.0760. The van der Waals surface area contributed by atoms with Gasteiger partial charge in [-0.15, -0.1) is 0 Å². The molecular formula is C19H16F2O4. The Balaban J connectivity index is 2.03. The molecule has 0 saturated carbocycles. The number of carbonyl (C=O) groups excluding carboxylic acids is 2. The molecule has 0 radical (unpaired) electrons. The lowest BCUT2D eigenvalue weighted by molar-refractivity contribution is -0.140. The van der Waals surface area contributed by atoms with Gasteiger partial charge in [0.15, 0.2) is 17.7 Å². The van der Waals surface area contributed by atoms with Crippen LogP contribution in [0.2, 0.25) is 0 Å². The third-order valence-corrected chi connectivity index (χ3v) is 3.40. The first-order chi connectivity index (χ1) is 11.9. The molecule has 25 heavy (non-hydrogen) atoms. The molecule has 0 N–H and O–H groups in total. The van der Waals surface area contributed by atoms with Gasteiger partial charge in [0.1, 0.15) is 5.75 Å². The molecule has 0 aliphatic heterocycles. The highest BCUT2D eigenvalue weighted by Gasteiger charge is 2.19. The molecule has 1 unspecified atom stereocenters. The second-order valence-electron chi connectivity index (χ2n) is 5.15. The van der Waals surface area contributed by atoms with Gasteiger partial charge in [-0.05, 0) is 37.3 Å². The first kappa shape index (κ1) is 18.3. The second kappa shape index (κ2) is 8.19. The highest BCUT2D eigenvalue weighted by Crippen LogP contribution is 2.19. The molecule has 0 fully saturated rings. The number of hydrogen-bond acceptors (Lipinski definition) is 4. The average molecular weight is 346 g/mol. The van der Waals surface area contributed by atoms with E-state index in [1.165, 1.54) is 20.1 Å². The fourth-order valence-corrected chi connectivity index (χ4v) is 2.11. The maximum atomic E-state index is 13.2. The van der Waals surface area contributed by atoms with Crippen LogP contribution in [0.3, 0.4) is 0 Å². The second-order valence-corrected chi connectivity index (χ2v) is 5.15. The zero-order valence-electron chi connectivity index (χ0n) is 13.7. The first-order valence-corrected chi connectivity index (χ1v) is 7.43. The minimum Gasteiger partial charge on any atom is -0.496 e. The lowest BCUT2D eigenvalue weighted by Crippen LogP contribution is -2.23. The molecule has 0 heterocycles. The predicted octanol–water partition coefficient (Wildman–Crippen LogP) is 3.80. The Morgan fingerprint density at radius 1 is 1.08 bits per heavy atom. The van der Waals surface area contributed by atoms with E-state index in [1.807, 2.05) is 0 Å². The Morgan fingerprint density at radius 2 is 1.80 bits per heavy atom. The quantitative estimate of drug-likeness (QED) is 0.453. The van der Waals surface area contributed by atoms with Crippen LogP contribution in [-0.2, 0) is 9.53 Å². The van der Waals surface area contributed by atoms with Crippen LogP contribution in [0.25, 0.3) is 6.08 Å². The molecule has 2 aromatic rings. The number of rotatable bonds is 6. The predicted molar refractivity (Wildman–Crippen MR) is 88.3 cm³/mol. The molecule has 0 amide bonds. The standard InChI is InChI=1S/C19H16F2O4/c1-12(19(23)14-7-9-15(20)16(21)11-14)25-18(22)10-8-13-5-3-4-6-17(13)24-2/h3-12H,1-2H3/b10-8+. The monoisotopic (exact) mass is 346 g/mol. The van der Waals surface area contributed by atoms with Crippen LogP contribution in [0.1, 0.15) is 22.8 Å². The molecule has 1 atom stereocenters. The maximum Gasteiger partial charge on any atom is 0.331 e. The van der Waals surface area contributed by atoms with Crippen molar-refractivity contribution in [3.63, 3.8) is 0 Å². The Morgan fingerprint density at radius 3 is 2.48 bits per heavy atom. The zero-order valence-corrected chi connectivity index (χ0v) is 13.7. The number of methoxy groups -OCH3 is 1. The van der Waals surface area contributed by atoms with Crippen molar-refractivity contribution in [1.29, 1.82) is 0 Å². The van der Waals surface area contributed by atoms with Crippen LogP contribution < -0.4 is 4.74 Å². The van der Waals surface area contributed by atoms with Gasteiger partial charge in [-0.25, -0.2) is 13.6 Å². The van der Waals surface area contributed by atoms with Gasteiger partial charge in [-0.3, -0.25) is 4.79 Å². The van der Waals surface area contributed by atoms with E-state index < -0.39 is 29.5 Å². The van der Waals surface area contributed by atoms with Gasteiger partial charge in [0.05, 0.1) is 7.11 Å². The summed E-state index contributed by atoms with van der Waals surface area (Å²) in [6.07, 6.45) is 1.52. The van der Waals surface area contributed by atoms with E-state index in [1.54, 1.807) is 24.3 Å². The molecule has 0 saturated heterocycles. The smallest absolute Gasteiger partial charge is 0.331 e. The molecule has 2 rings (SSSR count). The van der Waals surface area contributed by atoms with E-state index in [-0.39, 0.29) is 5.56 Å². The molecule has 0 aliphatic rings. The van der Waals surface area contributed by atoms with E-state index in [9.17, 15) is 18.4 Å². The van der Waals surface area contributed by atoms with Crippen LogP contribution in [0.15, 0.2) is 48.5 Å². The highest BCUT2D eigenvalue weighted by atomic mass is 19.2. The maximum absolute atomic E-state index is 13.2. The summed E-state index contributed by atoms with van der Waals surface area (Å²) in [4.78, 5) is 24.0. The average Bonchev–Trinajstić information content (AvgIpc) is 2.61. The number of hydrogen-bond donors (Lipinski definition) is 0. The number of esters is 1. The molecule has 0 aromatic heterocycles. The van der Waals surface area contributed by atoms with E-state index >= 15 is 0 Å². The summed E-state index contributed by atoms with van der Waals surface area (Å²) in [6.45, 7) is 1.36. The highest BCUT2D eigenvalue weighted by molar-refractivity contribution is 6.01. The SMILES string of the molecule is COc1ccccc1/C=C/C(=O)OC(C)C(=O)c1ccc(F)c(F)c1. The van der Waals surface area contributed by atoms with E-state index in [0.29, 0.717) is 11.3 Å². The number of halogens is 2. The number of para-hydroxylation sites is 1. The van der Waals surface area contributed by atoms with Crippen molar-refractivity contribution in [2.45, 2.75) is 13.0 Å². The molecule has 4 nitrogen and oxygen atoms in total. The van der Waals surface area contributed by atoms with E-state index in [2.05, 4.69) is 0 Å². The van der Waals surface area contributed by atoms with Crippen molar-refractivity contribution < 1.29 is 27.8 Å². The van der Waals surface area contributed by atoms with Crippen molar-refractivity contribution in [3.8, 4) is 5.75 Å². The summed E-state index contributed by atoms with van der Waals surface area (Å²) >= 11 is 0. The van der Waals surface area contributed by atoms with E-state index in [0.717, 1.165) is 24.3 Å². The van der Waals surface area contributed by atoms with Gasteiger partial charge in [0.25, 0.3) is 0 Å². The Kier molecular flexibility index (Phi) is 6.00. The largest absolute Gasteiger partial charge is 0.496 e. The lowest BCUT2D eigenvalue weighted by atomic mass is 10.1. The van der Waals surface area contributed by atoms with Gasteiger partial charge < -0.3 is 9.47 Å². The van der Waals surface area contributed by atoms with Gasteiger partial charge in [-0.2, -0.15) is 0 Å². The lowest BCUT2D eigenvalue weighted by Gasteiger charge is -2.11. The molecule has 2 aromatic carbocycles. The van der Waals surface area contributed by atoms with Crippen molar-refractivity contribution in [3.05, 3.63) is 71.3 Å². The number of Topliss-reactive ketones (excluding diaryl/α,β-unsaturated/α-hetero) is 1. The normalized spacial score (nSPS) is 12.0. The number of ketones is 1. The van der Waals surface area contributed by atoms with Gasteiger partial charge in [-0.1, -0.05) is 18.2 Å². The molecule has 0 aliphatic carbocycles. The molecule has 0 bridgehead atoms. The van der Waals surface area contributed by atoms with Gasteiger partial charge in [0.2, 0.25) is 5.78 Å². The molecule has 130 valence electrons. The first-order valence-electron chi connectivity index (χ1n) is 7.43. The summed E-state index contributed by atoms with van der Waals surface area (Å²) in [7, 11) is 1.51. The van der Waals surface area contributed by atoms with Gasteiger partial charge >= 0.3 is 5.97 Å². The molecule has 0 spiro atoms. The van der Waals surface area contributed by atoms with Crippen LogP contribution in [0, 0.1) is 11.6 Å². The minimum atomic E-state index is -1.14. The number of ether oxygens (including phenoxy) is 2. The Labute approximate surface area is 143 Å². The number of benzene rings is 2. The Hall–Kier alpha value is -3.02. The fourth-order valence-electron chi connectivity index (χ4n) is 2.11. The van der Waals surface area contributed by atoms with Crippen LogP contribution in [-0.4, -0.2) is 25.0 Å². The summed E-state index contributed by atoms with van der Waals surface area (Å²) in [5.41, 5.74) is 0.592. The van der Waals surface area contributed by atoms with Crippen molar-refractivity contribution >= 4 is 17.8 Å². The fraction of sp³-hybridized carbons (Fsp3) is 0.158. The van der Waals surface area contributed by atoms with Crippen LogP contribution in [0.4, 0.5) is 8.78 Å². The summed E-state index contributed by atoms with van der Waals surface area (Å²) in [5, 5.41) is 0. The Bertz CT molecular complexity index is 815. The van der Waals surface area contributed by atoms with Gasteiger partial charge in [0, 0.05) is 17.2 Å². The summed E-state index contributed by atoms with van der Waals surface area (Å²) in [5.74, 6) is -2.98. The molecule has 6 heteroatoms. The third-order valence-electron chi connectivity index (χ3n) is 3.40.